The molecule has 1 rings (SSSR count). The highest BCUT2D eigenvalue weighted by atomic mass is 79.9. The minimum atomic E-state index is -0.597. The van der Waals surface area contributed by atoms with E-state index >= 15 is 0 Å². The van der Waals surface area contributed by atoms with E-state index in [0.717, 1.165) is 0 Å². The van der Waals surface area contributed by atoms with Gasteiger partial charge in [0.2, 0.25) is 0 Å². The maximum Gasteiger partial charge on any atom is 0.410 e. The molecule has 0 spiro atoms. The van der Waals surface area contributed by atoms with E-state index in [1.807, 2.05) is 13.8 Å². The van der Waals surface area contributed by atoms with Gasteiger partial charge in [-0.05, 0) is 56.6 Å². The highest BCUT2D eigenvalue weighted by Crippen LogP contribution is 2.28. The first-order valence-corrected chi connectivity index (χ1v) is 7.82. The third-order valence-corrected chi connectivity index (χ3v) is 3.97. The lowest BCUT2D eigenvalue weighted by molar-refractivity contribution is 0.0170. The topological polar surface area (TPSA) is 29.5 Å². The summed E-state index contributed by atoms with van der Waals surface area (Å²) in [4.78, 5) is 13.7. The fourth-order valence-corrected chi connectivity index (χ4v) is 2.14. The van der Waals surface area contributed by atoms with E-state index in [0.29, 0.717) is 10.0 Å². The molecule has 0 N–H and O–H groups in total. The summed E-state index contributed by atoms with van der Waals surface area (Å²) >= 11 is 9.04. The van der Waals surface area contributed by atoms with Crippen LogP contribution in [0.2, 0.25) is 5.02 Å². The fourth-order valence-electron chi connectivity index (χ4n) is 1.65. The number of hydrogen-bond donors (Lipinski definition) is 0. The van der Waals surface area contributed by atoms with Gasteiger partial charge in [-0.2, -0.15) is 0 Å². The average Bonchev–Trinajstić information content (AvgIpc) is 2.32. The Morgan fingerprint density at radius 3 is 2.48 bits per heavy atom. The maximum atomic E-state index is 14.1. The lowest BCUT2D eigenvalue weighted by Gasteiger charge is -2.30. The minimum Gasteiger partial charge on any atom is -0.444 e. The second-order valence-corrected chi connectivity index (χ2v) is 7.27. The molecule has 0 fully saturated rings. The first kappa shape index (κ1) is 18.2. The molecule has 0 heterocycles. The molecule has 0 aromatic heterocycles. The Morgan fingerprint density at radius 1 is 1.43 bits per heavy atom. The van der Waals surface area contributed by atoms with Crippen molar-refractivity contribution in [1.82, 2.24) is 4.90 Å². The smallest absolute Gasteiger partial charge is 0.410 e. The van der Waals surface area contributed by atoms with Crippen molar-refractivity contribution in [2.45, 2.75) is 52.8 Å². The molecule has 118 valence electrons. The van der Waals surface area contributed by atoms with Gasteiger partial charge in [0.05, 0.1) is 11.6 Å². The van der Waals surface area contributed by atoms with E-state index in [2.05, 4.69) is 15.9 Å². The largest absolute Gasteiger partial charge is 0.444 e. The number of amides is 1. The molecule has 3 nitrogen and oxygen atoms in total. The van der Waals surface area contributed by atoms with E-state index in [1.54, 1.807) is 32.9 Å². The van der Waals surface area contributed by atoms with Crippen LogP contribution < -0.4 is 0 Å². The number of ether oxygens (including phenoxy) is 1. The van der Waals surface area contributed by atoms with Crippen LogP contribution in [0.4, 0.5) is 9.18 Å². The second-order valence-electron chi connectivity index (χ2n) is 6.04. The van der Waals surface area contributed by atoms with Crippen molar-refractivity contribution in [2.75, 3.05) is 0 Å². The molecule has 0 unspecified atom stereocenters. The van der Waals surface area contributed by atoms with Gasteiger partial charge in [0.25, 0.3) is 0 Å². The van der Waals surface area contributed by atoms with E-state index in [9.17, 15) is 9.18 Å². The van der Waals surface area contributed by atoms with Gasteiger partial charge < -0.3 is 9.64 Å². The fraction of sp³-hybridized carbons (Fsp3) is 0.533. The van der Waals surface area contributed by atoms with Crippen LogP contribution in [0.3, 0.4) is 0 Å². The van der Waals surface area contributed by atoms with Crippen molar-refractivity contribution in [3.05, 3.63) is 33.0 Å². The summed E-state index contributed by atoms with van der Waals surface area (Å²) in [5.74, 6) is -0.528. The normalized spacial score (nSPS) is 11.7. The van der Waals surface area contributed by atoms with Crippen molar-refractivity contribution in [3.8, 4) is 0 Å². The maximum absolute atomic E-state index is 14.1. The number of halogens is 3. The Balaban J connectivity index is 3.00. The zero-order valence-electron chi connectivity index (χ0n) is 12.8. The van der Waals surface area contributed by atoms with Crippen LogP contribution in [-0.4, -0.2) is 22.6 Å². The van der Waals surface area contributed by atoms with Gasteiger partial charge in [0.1, 0.15) is 11.4 Å². The SMILES string of the molecule is CC(C)N(Cc1ccc(Br)c(Cl)c1F)C(=O)OC(C)(C)C. The van der Waals surface area contributed by atoms with Crippen molar-refractivity contribution in [3.63, 3.8) is 0 Å². The summed E-state index contributed by atoms with van der Waals surface area (Å²) in [7, 11) is 0. The van der Waals surface area contributed by atoms with Crippen LogP contribution in [0.25, 0.3) is 0 Å². The Hall–Kier alpha value is -0.810. The van der Waals surface area contributed by atoms with E-state index in [1.165, 1.54) is 4.90 Å². The molecule has 0 aliphatic rings. The molecule has 6 heteroatoms. The second kappa shape index (κ2) is 6.97. The summed E-state index contributed by atoms with van der Waals surface area (Å²) in [6.07, 6.45) is -0.476. The monoisotopic (exact) mass is 379 g/mol. The third-order valence-electron chi connectivity index (χ3n) is 2.71. The van der Waals surface area contributed by atoms with Crippen LogP contribution in [0.1, 0.15) is 40.2 Å². The zero-order chi connectivity index (χ0) is 16.4. The lowest BCUT2D eigenvalue weighted by atomic mass is 10.1. The van der Waals surface area contributed by atoms with Crippen molar-refractivity contribution in [2.24, 2.45) is 0 Å². The van der Waals surface area contributed by atoms with Gasteiger partial charge >= 0.3 is 6.09 Å². The van der Waals surface area contributed by atoms with Crippen LogP contribution in [0, 0.1) is 5.82 Å². The molecular weight excluding hydrogens is 361 g/mol. The number of nitrogens with zero attached hydrogens (tertiary/aromatic N) is 1. The number of hydrogen-bond acceptors (Lipinski definition) is 2. The number of carbonyl (C=O) groups is 1. The molecule has 0 radical (unpaired) electrons. The van der Waals surface area contributed by atoms with Gasteiger partial charge in [0.15, 0.2) is 0 Å². The van der Waals surface area contributed by atoms with Crippen LogP contribution >= 0.6 is 27.5 Å². The van der Waals surface area contributed by atoms with Crippen LogP contribution in [0.15, 0.2) is 16.6 Å². The molecule has 1 amide bonds. The summed E-state index contributed by atoms with van der Waals surface area (Å²) in [5, 5.41) is 0.0143. The number of carbonyl (C=O) groups excluding carboxylic acids is 1. The third kappa shape index (κ3) is 5.15. The Morgan fingerprint density at radius 2 is 2.00 bits per heavy atom. The summed E-state index contributed by atoms with van der Waals surface area (Å²) in [5.41, 5.74) is -0.247. The predicted octanol–water partition coefficient (Wildman–Crippen LogP) is 5.39. The molecule has 0 saturated heterocycles. The van der Waals surface area contributed by atoms with E-state index in [4.69, 9.17) is 16.3 Å². The van der Waals surface area contributed by atoms with Crippen LogP contribution in [-0.2, 0) is 11.3 Å². The van der Waals surface area contributed by atoms with Crippen molar-refractivity contribution >= 4 is 33.6 Å². The van der Waals surface area contributed by atoms with Crippen LogP contribution in [0.5, 0.6) is 0 Å². The number of rotatable bonds is 3. The molecular formula is C15H20BrClFNO2. The summed E-state index contributed by atoms with van der Waals surface area (Å²) < 4.78 is 20.0. The molecule has 21 heavy (non-hydrogen) atoms. The Labute approximate surface area is 138 Å². The predicted molar refractivity (Wildman–Crippen MR) is 86.0 cm³/mol. The van der Waals surface area contributed by atoms with E-state index < -0.39 is 17.5 Å². The summed E-state index contributed by atoms with van der Waals surface area (Å²) in [6.45, 7) is 9.18. The van der Waals surface area contributed by atoms with Gasteiger partial charge in [0, 0.05) is 16.1 Å². The Bertz CT molecular complexity index is 529. The molecule has 0 aliphatic carbocycles. The van der Waals surface area contributed by atoms with E-state index in [-0.39, 0.29) is 17.6 Å². The van der Waals surface area contributed by atoms with Gasteiger partial charge in [-0.25, -0.2) is 9.18 Å². The first-order valence-electron chi connectivity index (χ1n) is 6.65. The lowest BCUT2D eigenvalue weighted by Crippen LogP contribution is -2.40. The van der Waals surface area contributed by atoms with Gasteiger partial charge in [-0.3, -0.25) is 0 Å². The molecule has 0 aliphatic heterocycles. The molecule has 0 atom stereocenters. The van der Waals surface area contributed by atoms with Crippen molar-refractivity contribution < 1.29 is 13.9 Å². The molecule has 0 saturated carbocycles. The molecule has 0 bridgehead atoms. The number of benzene rings is 1. The van der Waals surface area contributed by atoms with Gasteiger partial charge in [-0.15, -0.1) is 0 Å². The van der Waals surface area contributed by atoms with Gasteiger partial charge in [-0.1, -0.05) is 17.7 Å². The summed E-state index contributed by atoms with van der Waals surface area (Å²) in [6, 6.07) is 3.14. The molecule has 1 aromatic rings. The average molecular weight is 381 g/mol. The highest BCUT2D eigenvalue weighted by molar-refractivity contribution is 9.10. The molecule has 1 aromatic carbocycles. The standard InChI is InChI=1S/C15H20BrClFNO2/c1-9(2)19(14(20)21-15(3,4)5)8-10-6-7-11(16)12(17)13(10)18/h6-7,9H,8H2,1-5H3. The minimum absolute atomic E-state index is 0.0143. The quantitative estimate of drug-likeness (QED) is 0.658. The Kier molecular flexibility index (Phi) is 6.05. The van der Waals surface area contributed by atoms with Crippen molar-refractivity contribution in [1.29, 1.82) is 0 Å². The zero-order valence-corrected chi connectivity index (χ0v) is 15.2. The first-order chi connectivity index (χ1) is 9.53. The highest BCUT2D eigenvalue weighted by Gasteiger charge is 2.25.